The van der Waals surface area contributed by atoms with E-state index in [-0.39, 0.29) is 5.56 Å². The summed E-state index contributed by atoms with van der Waals surface area (Å²) in [6.45, 7) is 2.52. The van der Waals surface area contributed by atoms with Crippen LogP contribution in [0.3, 0.4) is 0 Å². The number of hydrogen-bond donors (Lipinski definition) is 1. The second-order valence-electron chi connectivity index (χ2n) is 7.44. The molecular formula is C21H20N4OS. The summed E-state index contributed by atoms with van der Waals surface area (Å²) in [5, 5.41) is 5.23. The molecule has 136 valence electrons. The van der Waals surface area contributed by atoms with Crippen molar-refractivity contribution in [2.24, 2.45) is 5.92 Å². The molecule has 5 nitrogen and oxygen atoms in total. The Labute approximate surface area is 162 Å². The molecule has 0 amide bonds. The lowest BCUT2D eigenvalue weighted by atomic mass is 9.83. The van der Waals surface area contributed by atoms with Gasteiger partial charge in [0.2, 0.25) is 0 Å². The minimum Gasteiger partial charge on any atom is -0.348 e. The van der Waals surface area contributed by atoms with Gasteiger partial charge in [0, 0.05) is 54.6 Å². The first kappa shape index (κ1) is 16.4. The molecule has 2 atom stereocenters. The van der Waals surface area contributed by atoms with Gasteiger partial charge in [0.1, 0.15) is 0 Å². The number of nitrogens with zero attached hydrogens (tertiary/aromatic N) is 3. The van der Waals surface area contributed by atoms with Gasteiger partial charge in [-0.25, -0.2) is 0 Å². The van der Waals surface area contributed by atoms with Crippen LogP contribution in [0.1, 0.15) is 18.0 Å². The zero-order valence-electron chi connectivity index (χ0n) is 14.8. The number of pyridine rings is 2. The third kappa shape index (κ3) is 3.00. The van der Waals surface area contributed by atoms with Crippen LogP contribution in [0, 0.1) is 5.92 Å². The molecule has 1 aromatic carbocycles. The lowest BCUT2D eigenvalue weighted by molar-refractivity contribution is 0.180. The van der Waals surface area contributed by atoms with Crippen molar-refractivity contribution in [1.29, 1.82) is 0 Å². The number of aromatic nitrogens is 2. The first-order chi connectivity index (χ1) is 13.2. The van der Waals surface area contributed by atoms with Gasteiger partial charge in [-0.1, -0.05) is 12.1 Å². The summed E-state index contributed by atoms with van der Waals surface area (Å²) < 4.78 is 1.95. The van der Waals surface area contributed by atoms with E-state index in [9.17, 15) is 4.79 Å². The van der Waals surface area contributed by atoms with E-state index in [1.54, 1.807) is 12.3 Å². The second kappa shape index (κ2) is 6.46. The summed E-state index contributed by atoms with van der Waals surface area (Å²) in [7, 11) is 0. The Balaban J connectivity index is 1.36. The molecule has 2 aliphatic heterocycles. The number of thiocarbonyl (C=S) groups is 1. The Bertz CT molecular complexity index is 1090. The molecule has 1 saturated heterocycles. The van der Waals surface area contributed by atoms with Crippen molar-refractivity contribution in [2.45, 2.75) is 18.9 Å². The van der Waals surface area contributed by atoms with Gasteiger partial charge in [-0.15, -0.1) is 0 Å². The van der Waals surface area contributed by atoms with Gasteiger partial charge in [0.15, 0.2) is 5.11 Å². The molecule has 3 aromatic rings. The van der Waals surface area contributed by atoms with Crippen LogP contribution in [0.2, 0.25) is 0 Å². The molecule has 0 radical (unpaired) electrons. The Morgan fingerprint density at radius 1 is 1.11 bits per heavy atom. The highest BCUT2D eigenvalue weighted by Crippen LogP contribution is 2.35. The lowest BCUT2D eigenvalue weighted by Crippen LogP contribution is -2.50. The van der Waals surface area contributed by atoms with E-state index in [4.69, 9.17) is 12.2 Å². The van der Waals surface area contributed by atoms with Crippen LogP contribution in [0.4, 0.5) is 5.69 Å². The maximum absolute atomic E-state index is 12.2. The Morgan fingerprint density at radius 2 is 2.04 bits per heavy atom. The van der Waals surface area contributed by atoms with Crippen LogP contribution in [0.25, 0.3) is 10.9 Å². The fraction of sp³-hybridized carbons (Fsp3) is 0.286. The van der Waals surface area contributed by atoms with E-state index in [0.29, 0.717) is 11.8 Å². The predicted molar refractivity (Wildman–Crippen MR) is 111 cm³/mol. The van der Waals surface area contributed by atoms with Gasteiger partial charge in [0.25, 0.3) is 5.56 Å². The van der Waals surface area contributed by atoms with Crippen LogP contribution in [0.15, 0.2) is 59.5 Å². The fourth-order valence-electron chi connectivity index (χ4n) is 4.42. The molecule has 2 aromatic heterocycles. The monoisotopic (exact) mass is 376 g/mol. The van der Waals surface area contributed by atoms with E-state index < -0.39 is 0 Å². The first-order valence-corrected chi connectivity index (χ1v) is 9.69. The zero-order chi connectivity index (χ0) is 18.4. The maximum atomic E-state index is 12.2. The number of rotatable bonds is 1. The average Bonchev–Trinajstić information content (AvgIpc) is 2.68. The molecular weight excluding hydrogens is 356 g/mol. The SMILES string of the molecule is O=c1cccc2n1C[C@H]1CC2CN(C(=S)Nc2ccc3ncccc3c2)C1. The van der Waals surface area contributed by atoms with Crippen molar-refractivity contribution in [3.05, 3.63) is 70.8 Å². The minimum absolute atomic E-state index is 0.112. The summed E-state index contributed by atoms with van der Waals surface area (Å²) >= 11 is 5.71. The molecule has 2 aliphatic rings. The van der Waals surface area contributed by atoms with E-state index in [2.05, 4.69) is 33.4 Å². The number of nitrogens with one attached hydrogen (secondary N) is 1. The van der Waals surface area contributed by atoms with E-state index in [1.165, 1.54) is 0 Å². The van der Waals surface area contributed by atoms with Crippen molar-refractivity contribution < 1.29 is 0 Å². The summed E-state index contributed by atoms with van der Waals surface area (Å²) in [5.74, 6) is 0.809. The normalized spacial score (nSPS) is 21.0. The molecule has 0 spiro atoms. The third-order valence-corrected chi connectivity index (χ3v) is 5.98. The van der Waals surface area contributed by atoms with Crippen LogP contribution in [-0.2, 0) is 6.54 Å². The van der Waals surface area contributed by atoms with Crippen molar-refractivity contribution >= 4 is 33.9 Å². The van der Waals surface area contributed by atoms with Crippen molar-refractivity contribution in [3.63, 3.8) is 0 Å². The van der Waals surface area contributed by atoms with Crippen LogP contribution < -0.4 is 10.9 Å². The molecule has 4 heterocycles. The maximum Gasteiger partial charge on any atom is 0.250 e. The Kier molecular flexibility index (Phi) is 3.93. The van der Waals surface area contributed by atoms with Crippen molar-refractivity contribution in [3.8, 4) is 0 Å². The van der Waals surface area contributed by atoms with Gasteiger partial charge in [0.05, 0.1) is 5.52 Å². The number of likely N-dealkylation sites (tertiary alicyclic amines) is 1. The van der Waals surface area contributed by atoms with Crippen LogP contribution >= 0.6 is 12.2 Å². The number of hydrogen-bond acceptors (Lipinski definition) is 3. The highest BCUT2D eigenvalue weighted by molar-refractivity contribution is 7.80. The number of piperidine rings is 1. The van der Waals surface area contributed by atoms with Gasteiger partial charge < -0.3 is 14.8 Å². The third-order valence-electron chi connectivity index (χ3n) is 5.62. The molecule has 27 heavy (non-hydrogen) atoms. The summed E-state index contributed by atoms with van der Waals surface area (Å²) in [5.41, 5.74) is 3.21. The molecule has 6 heteroatoms. The summed E-state index contributed by atoms with van der Waals surface area (Å²) in [6, 6.07) is 15.7. The highest BCUT2D eigenvalue weighted by Gasteiger charge is 2.35. The lowest BCUT2D eigenvalue weighted by Gasteiger charge is -2.43. The average molecular weight is 376 g/mol. The fourth-order valence-corrected chi connectivity index (χ4v) is 4.69. The molecule has 0 aliphatic carbocycles. The molecule has 5 rings (SSSR count). The van der Waals surface area contributed by atoms with Crippen molar-refractivity contribution in [2.75, 3.05) is 18.4 Å². The van der Waals surface area contributed by atoms with Gasteiger partial charge in [-0.2, -0.15) is 0 Å². The minimum atomic E-state index is 0.112. The van der Waals surface area contributed by atoms with Crippen LogP contribution in [0.5, 0.6) is 0 Å². The Hall–Kier alpha value is -2.73. The van der Waals surface area contributed by atoms with Gasteiger partial charge in [-0.05, 0) is 54.9 Å². The predicted octanol–water partition coefficient (Wildman–Crippen LogP) is 3.21. The molecule has 1 N–H and O–H groups in total. The molecule has 1 unspecified atom stereocenters. The first-order valence-electron chi connectivity index (χ1n) is 9.28. The smallest absolute Gasteiger partial charge is 0.250 e. The zero-order valence-corrected chi connectivity index (χ0v) is 15.7. The molecule has 0 saturated carbocycles. The summed E-state index contributed by atoms with van der Waals surface area (Å²) in [6.07, 6.45) is 2.93. The van der Waals surface area contributed by atoms with Gasteiger partial charge >= 0.3 is 0 Å². The van der Waals surface area contributed by atoms with Crippen LogP contribution in [-0.4, -0.2) is 32.7 Å². The second-order valence-corrected chi connectivity index (χ2v) is 7.83. The topological polar surface area (TPSA) is 50.2 Å². The standard InChI is InChI=1S/C21H20N4OS/c26-20-5-1-4-19-16-9-14(12-25(19)20)11-24(13-16)21(27)23-17-6-7-18-15(10-17)3-2-8-22-18/h1-8,10,14,16H,9,11-13H2,(H,23,27)/t14-,16?/m0/s1. The highest BCUT2D eigenvalue weighted by atomic mass is 32.1. The number of fused-ring (bicyclic) bond motifs is 5. The quantitative estimate of drug-likeness (QED) is 0.661. The largest absolute Gasteiger partial charge is 0.348 e. The summed E-state index contributed by atoms with van der Waals surface area (Å²) in [4.78, 5) is 18.8. The van der Waals surface area contributed by atoms with E-state index in [1.807, 2.05) is 28.8 Å². The van der Waals surface area contributed by atoms with Gasteiger partial charge in [-0.3, -0.25) is 9.78 Å². The van der Waals surface area contributed by atoms with E-state index in [0.717, 1.165) is 53.5 Å². The number of benzene rings is 1. The Morgan fingerprint density at radius 3 is 2.96 bits per heavy atom. The molecule has 1 fully saturated rings. The molecule has 2 bridgehead atoms. The van der Waals surface area contributed by atoms with Crippen molar-refractivity contribution in [1.82, 2.24) is 14.5 Å². The van der Waals surface area contributed by atoms with E-state index >= 15 is 0 Å². The number of anilines is 1.